The van der Waals surface area contributed by atoms with E-state index < -0.39 is 5.97 Å². The van der Waals surface area contributed by atoms with Gasteiger partial charge in [0.05, 0.1) is 12.4 Å². The van der Waals surface area contributed by atoms with Crippen molar-refractivity contribution in [1.29, 1.82) is 0 Å². The summed E-state index contributed by atoms with van der Waals surface area (Å²) in [5.74, 6) is -0.626. The largest absolute Gasteiger partial charge is 0.476 e. The van der Waals surface area contributed by atoms with Crippen LogP contribution >= 0.6 is 0 Å². The monoisotopic (exact) mass is 234 g/mol. The molecule has 0 aliphatic rings. The highest BCUT2D eigenvalue weighted by atomic mass is 16.6. The van der Waals surface area contributed by atoms with Gasteiger partial charge in [-0.3, -0.25) is 4.40 Å². The minimum Gasteiger partial charge on any atom is -0.476 e. The normalized spacial score (nSPS) is 11.1. The zero-order valence-electron chi connectivity index (χ0n) is 8.62. The number of carbonyl (C=O) groups is 1. The molecular weight excluding hydrogens is 228 g/mol. The van der Waals surface area contributed by atoms with Gasteiger partial charge in [0, 0.05) is 5.69 Å². The molecule has 3 aromatic rings. The van der Waals surface area contributed by atoms with E-state index in [1.54, 1.807) is 16.8 Å². The highest BCUT2D eigenvalue weighted by Gasteiger charge is 2.22. The van der Waals surface area contributed by atoms with Crippen LogP contribution in [0, 0.1) is 6.92 Å². The number of aromatic nitrogens is 4. The lowest BCUT2D eigenvalue weighted by molar-refractivity contribution is 0.0685. The number of hydrogen-bond donors (Lipinski definition) is 1. The van der Waals surface area contributed by atoms with Crippen LogP contribution in [0.5, 0.6) is 0 Å². The molecule has 3 aromatic heterocycles. The molecule has 1 N–H and O–H groups in total. The molecule has 8 nitrogen and oxygen atoms in total. The number of nitrogens with zero attached hydrogens (tertiary/aromatic N) is 4. The molecule has 3 heterocycles. The van der Waals surface area contributed by atoms with Crippen LogP contribution in [0.3, 0.4) is 0 Å². The fraction of sp³-hybridized carbons (Fsp3) is 0.111. The van der Waals surface area contributed by atoms with Gasteiger partial charge in [-0.25, -0.2) is 14.4 Å². The molecule has 0 aliphatic carbocycles. The smallest absolute Gasteiger partial charge is 0.360 e. The van der Waals surface area contributed by atoms with Crippen LogP contribution in [0.2, 0.25) is 0 Å². The molecule has 0 aromatic carbocycles. The van der Waals surface area contributed by atoms with Crippen molar-refractivity contribution in [2.45, 2.75) is 6.92 Å². The van der Waals surface area contributed by atoms with Crippen molar-refractivity contribution in [1.82, 2.24) is 19.7 Å². The summed E-state index contributed by atoms with van der Waals surface area (Å²) in [6, 6.07) is 0. The second kappa shape index (κ2) is 3.17. The van der Waals surface area contributed by atoms with Crippen LogP contribution < -0.4 is 0 Å². The van der Waals surface area contributed by atoms with Crippen LogP contribution in [-0.2, 0) is 0 Å². The van der Waals surface area contributed by atoms with Gasteiger partial charge in [0.25, 0.3) is 0 Å². The standard InChI is InChI=1S/C9H6N4O4/c1-4-2-10-9-13(4)3-5(16-9)6-7(8(14)15)12-17-11-6/h2-3H,1H3,(H,14,15). The SMILES string of the molecule is Cc1cnc2oc(-c3nonc3C(=O)O)cn12. The number of aryl methyl sites for hydroxylation is 1. The number of aromatic carboxylic acids is 1. The summed E-state index contributed by atoms with van der Waals surface area (Å²) in [6.45, 7) is 1.85. The first-order valence-electron chi connectivity index (χ1n) is 4.66. The molecule has 0 atom stereocenters. The van der Waals surface area contributed by atoms with Gasteiger partial charge in [0.15, 0.2) is 11.5 Å². The molecule has 0 bridgehead atoms. The maximum atomic E-state index is 10.8. The third-order valence-corrected chi connectivity index (χ3v) is 2.32. The average molecular weight is 234 g/mol. The first kappa shape index (κ1) is 9.58. The molecule has 0 aliphatic heterocycles. The van der Waals surface area contributed by atoms with Crippen LogP contribution in [0.4, 0.5) is 0 Å². The molecule has 0 saturated carbocycles. The van der Waals surface area contributed by atoms with Gasteiger partial charge in [-0.1, -0.05) is 0 Å². The third-order valence-electron chi connectivity index (χ3n) is 2.32. The Morgan fingerprint density at radius 3 is 3.00 bits per heavy atom. The maximum Gasteiger partial charge on any atom is 0.360 e. The Morgan fingerprint density at radius 2 is 2.29 bits per heavy atom. The molecule has 17 heavy (non-hydrogen) atoms. The zero-order chi connectivity index (χ0) is 12.0. The van der Waals surface area contributed by atoms with Crippen molar-refractivity contribution < 1.29 is 18.9 Å². The van der Waals surface area contributed by atoms with Gasteiger partial charge in [0.2, 0.25) is 5.69 Å². The Morgan fingerprint density at radius 1 is 1.47 bits per heavy atom. The van der Waals surface area contributed by atoms with Crippen molar-refractivity contribution in [3.63, 3.8) is 0 Å². The van der Waals surface area contributed by atoms with Crippen LogP contribution in [0.15, 0.2) is 21.4 Å². The van der Waals surface area contributed by atoms with Gasteiger partial charge >= 0.3 is 11.8 Å². The topological polar surface area (TPSA) is 107 Å². The van der Waals surface area contributed by atoms with Crippen LogP contribution in [-0.4, -0.2) is 30.8 Å². The van der Waals surface area contributed by atoms with Gasteiger partial charge in [-0.2, -0.15) is 0 Å². The highest BCUT2D eigenvalue weighted by Crippen LogP contribution is 2.23. The number of hydrogen-bond acceptors (Lipinski definition) is 6. The lowest BCUT2D eigenvalue weighted by atomic mass is 10.3. The minimum atomic E-state index is -1.23. The Balaban J connectivity index is 2.20. The number of fused-ring (bicyclic) bond motifs is 1. The van der Waals surface area contributed by atoms with Crippen molar-refractivity contribution >= 4 is 11.8 Å². The summed E-state index contributed by atoms with van der Waals surface area (Å²) in [7, 11) is 0. The summed E-state index contributed by atoms with van der Waals surface area (Å²) in [4.78, 5) is 14.8. The van der Waals surface area contributed by atoms with Crippen molar-refractivity contribution in [2.75, 3.05) is 0 Å². The molecule has 0 amide bonds. The fourth-order valence-corrected chi connectivity index (χ4v) is 1.50. The van der Waals surface area contributed by atoms with Crippen LogP contribution in [0.1, 0.15) is 16.2 Å². The van der Waals surface area contributed by atoms with Gasteiger partial charge in [0.1, 0.15) is 0 Å². The summed E-state index contributed by atoms with van der Waals surface area (Å²) in [5.41, 5.74) is 0.616. The summed E-state index contributed by atoms with van der Waals surface area (Å²) >= 11 is 0. The molecular formula is C9H6N4O4. The molecule has 3 rings (SSSR count). The predicted molar refractivity (Wildman–Crippen MR) is 52.4 cm³/mol. The predicted octanol–water partition coefficient (Wildman–Crippen LogP) is 0.984. The lowest BCUT2D eigenvalue weighted by Gasteiger charge is -1.88. The van der Waals surface area contributed by atoms with E-state index in [2.05, 4.69) is 19.9 Å². The molecule has 0 unspecified atom stereocenters. The van der Waals surface area contributed by atoms with Crippen molar-refractivity contribution in [3.8, 4) is 11.5 Å². The summed E-state index contributed by atoms with van der Waals surface area (Å²) in [6.07, 6.45) is 3.23. The molecule has 0 radical (unpaired) electrons. The van der Waals surface area contributed by atoms with Gasteiger partial charge in [-0.05, 0) is 17.2 Å². The molecule has 0 fully saturated rings. The Kier molecular flexibility index (Phi) is 1.79. The van der Waals surface area contributed by atoms with Crippen molar-refractivity contribution in [2.24, 2.45) is 0 Å². The van der Waals surface area contributed by atoms with Gasteiger partial charge < -0.3 is 9.52 Å². The maximum absolute atomic E-state index is 10.8. The van der Waals surface area contributed by atoms with E-state index in [4.69, 9.17) is 9.52 Å². The van der Waals surface area contributed by atoms with Crippen LogP contribution in [0.25, 0.3) is 17.3 Å². The number of carboxylic acid groups (broad SMARTS) is 1. The van der Waals surface area contributed by atoms with E-state index in [1.807, 2.05) is 6.92 Å². The average Bonchev–Trinajstić information content (AvgIpc) is 2.94. The molecule has 86 valence electrons. The number of carboxylic acids is 1. The number of imidazole rings is 1. The summed E-state index contributed by atoms with van der Waals surface area (Å²) in [5, 5.41) is 15.7. The van der Waals surface area contributed by atoms with E-state index in [-0.39, 0.29) is 17.1 Å². The number of rotatable bonds is 2. The lowest BCUT2D eigenvalue weighted by Crippen LogP contribution is -1.98. The third kappa shape index (κ3) is 1.30. The fourth-order valence-electron chi connectivity index (χ4n) is 1.50. The van der Waals surface area contributed by atoms with E-state index in [9.17, 15) is 4.79 Å². The first-order valence-corrected chi connectivity index (χ1v) is 4.66. The molecule has 0 spiro atoms. The Labute approximate surface area is 93.4 Å². The zero-order valence-corrected chi connectivity index (χ0v) is 8.62. The van der Waals surface area contributed by atoms with E-state index >= 15 is 0 Å². The second-order valence-electron chi connectivity index (χ2n) is 3.41. The highest BCUT2D eigenvalue weighted by molar-refractivity contribution is 5.91. The Hall–Kier alpha value is -2.64. The molecule has 8 heteroatoms. The minimum absolute atomic E-state index is 0.0439. The van der Waals surface area contributed by atoms with E-state index in [0.717, 1.165) is 5.69 Å². The quantitative estimate of drug-likeness (QED) is 0.704. The number of oxazole rings is 1. The van der Waals surface area contributed by atoms with Gasteiger partial charge in [-0.15, -0.1) is 0 Å². The van der Waals surface area contributed by atoms with Crippen molar-refractivity contribution in [3.05, 3.63) is 23.8 Å². The Bertz CT molecular complexity index is 708. The van der Waals surface area contributed by atoms with E-state index in [0.29, 0.717) is 5.84 Å². The first-order chi connectivity index (χ1) is 8.16. The second-order valence-corrected chi connectivity index (χ2v) is 3.41. The molecule has 0 saturated heterocycles. The van der Waals surface area contributed by atoms with E-state index in [1.165, 1.54) is 0 Å². The summed E-state index contributed by atoms with van der Waals surface area (Å²) < 4.78 is 11.4.